The third-order valence-corrected chi connectivity index (χ3v) is 6.18. The van der Waals surface area contributed by atoms with Crippen molar-refractivity contribution in [3.63, 3.8) is 0 Å². The molecule has 33 heavy (non-hydrogen) atoms. The maximum absolute atomic E-state index is 13.6. The molecule has 4 rings (SSSR count). The Hall–Kier alpha value is -3.25. The highest BCUT2D eigenvalue weighted by atomic mass is 19.1. The lowest BCUT2D eigenvalue weighted by Gasteiger charge is -2.36. The van der Waals surface area contributed by atoms with E-state index in [0.29, 0.717) is 6.42 Å². The summed E-state index contributed by atoms with van der Waals surface area (Å²) in [6, 6.07) is 16.8. The summed E-state index contributed by atoms with van der Waals surface area (Å²) in [5.41, 5.74) is 5.06. The number of aromatic nitrogens is 1. The van der Waals surface area contributed by atoms with Crippen molar-refractivity contribution in [1.82, 2.24) is 9.88 Å². The fourth-order valence-electron chi connectivity index (χ4n) is 4.26. The maximum atomic E-state index is 13.6. The number of pyridine rings is 1. The molecule has 0 radical (unpaired) electrons. The number of nitrogens with one attached hydrogen (secondary N) is 1. The molecule has 0 aliphatic carbocycles. The standard InChI is InChI=1S/C27H31FN4O/c1-21-7-10-24(28)19-26(21)32-17-15-31(16-18-32)14-3-2-6-27(33)30-25-11-8-22(9-12-25)23-5-4-13-29-20-23/h4-5,7-13,19-20H,2-3,6,14-18H2,1H3,(H,30,33). The van der Waals surface area contributed by atoms with E-state index in [9.17, 15) is 9.18 Å². The van der Waals surface area contributed by atoms with Gasteiger partial charge in [0.25, 0.3) is 0 Å². The Morgan fingerprint density at radius 2 is 1.79 bits per heavy atom. The van der Waals surface area contributed by atoms with Gasteiger partial charge in [-0.15, -0.1) is 0 Å². The summed E-state index contributed by atoms with van der Waals surface area (Å²) >= 11 is 0. The van der Waals surface area contributed by atoms with E-state index in [1.807, 2.05) is 55.6 Å². The fraction of sp³-hybridized carbons (Fsp3) is 0.333. The molecule has 0 atom stereocenters. The largest absolute Gasteiger partial charge is 0.369 e. The maximum Gasteiger partial charge on any atom is 0.224 e. The number of nitrogens with zero attached hydrogens (tertiary/aromatic N) is 3. The molecule has 1 aliphatic heterocycles. The van der Waals surface area contributed by atoms with Crippen LogP contribution in [0.15, 0.2) is 67.0 Å². The summed E-state index contributed by atoms with van der Waals surface area (Å²) in [6.07, 6.45) is 5.96. The first-order chi connectivity index (χ1) is 16.1. The molecule has 1 aliphatic rings. The predicted molar refractivity (Wildman–Crippen MR) is 132 cm³/mol. The fourth-order valence-corrected chi connectivity index (χ4v) is 4.26. The van der Waals surface area contributed by atoms with E-state index in [2.05, 4.69) is 20.1 Å². The normalized spacial score (nSPS) is 14.3. The summed E-state index contributed by atoms with van der Waals surface area (Å²) < 4.78 is 13.6. The Bertz CT molecular complexity index is 1050. The second-order valence-electron chi connectivity index (χ2n) is 8.58. The molecule has 1 saturated heterocycles. The van der Waals surface area contributed by atoms with Gasteiger partial charge < -0.3 is 10.2 Å². The molecule has 5 nitrogen and oxygen atoms in total. The number of aryl methyl sites for hydroxylation is 1. The topological polar surface area (TPSA) is 48.5 Å². The molecule has 0 bridgehead atoms. The van der Waals surface area contributed by atoms with E-state index in [1.54, 1.807) is 12.3 Å². The van der Waals surface area contributed by atoms with Crippen LogP contribution in [-0.2, 0) is 4.79 Å². The van der Waals surface area contributed by atoms with Crippen LogP contribution in [0.5, 0.6) is 0 Å². The summed E-state index contributed by atoms with van der Waals surface area (Å²) in [5.74, 6) is -0.128. The van der Waals surface area contributed by atoms with Crippen molar-refractivity contribution in [1.29, 1.82) is 0 Å². The number of halogens is 1. The van der Waals surface area contributed by atoms with Crippen LogP contribution in [0.1, 0.15) is 24.8 Å². The smallest absolute Gasteiger partial charge is 0.224 e. The van der Waals surface area contributed by atoms with E-state index in [1.165, 1.54) is 6.07 Å². The summed E-state index contributed by atoms with van der Waals surface area (Å²) in [6.45, 7) is 6.75. The van der Waals surface area contributed by atoms with Crippen LogP contribution in [-0.4, -0.2) is 48.5 Å². The highest BCUT2D eigenvalue weighted by Crippen LogP contribution is 2.23. The van der Waals surface area contributed by atoms with Crippen molar-refractivity contribution in [2.45, 2.75) is 26.2 Å². The average Bonchev–Trinajstić information content (AvgIpc) is 2.85. The first kappa shape index (κ1) is 22.9. The number of hydrogen-bond acceptors (Lipinski definition) is 4. The molecule has 1 fully saturated rings. The van der Waals surface area contributed by atoms with Crippen LogP contribution in [0, 0.1) is 12.7 Å². The number of benzene rings is 2. The molecule has 0 unspecified atom stereocenters. The second-order valence-corrected chi connectivity index (χ2v) is 8.58. The van der Waals surface area contributed by atoms with Crippen molar-refractivity contribution < 1.29 is 9.18 Å². The Morgan fingerprint density at radius 3 is 2.52 bits per heavy atom. The van der Waals surface area contributed by atoms with Crippen LogP contribution in [0.3, 0.4) is 0 Å². The molecule has 2 heterocycles. The minimum Gasteiger partial charge on any atom is -0.369 e. The third-order valence-electron chi connectivity index (χ3n) is 6.18. The lowest BCUT2D eigenvalue weighted by atomic mass is 10.1. The number of carbonyl (C=O) groups is 1. The van der Waals surface area contributed by atoms with Crippen molar-refractivity contribution in [3.05, 3.63) is 78.4 Å². The molecule has 1 N–H and O–H groups in total. The quantitative estimate of drug-likeness (QED) is 0.488. The molecule has 1 aromatic heterocycles. The molecule has 172 valence electrons. The van der Waals surface area contributed by atoms with Gasteiger partial charge in [0.15, 0.2) is 0 Å². The number of anilines is 2. The summed E-state index contributed by atoms with van der Waals surface area (Å²) in [4.78, 5) is 21.1. The SMILES string of the molecule is Cc1ccc(F)cc1N1CCN(CCCCC(=O)Nc2ccc(-c3cccnc3)cc2)CC1. The van der Waals surface area contributed by atoms with Gasteiger partial charge in [0.1, 0.15) is 5.82 Å². The van der Waals surface area contributed by atoms with Crippen LogP contribution in [0.4, 0.5) is 15.8 Å². The van der Waals surface area contributed by atoms with Crippen molar-refractivity contribution in [2.24, 2.45) is 0 Å². The van der Waals surface area contributed by atoms with Gasteiger partial charge in [-0.3, -0.25) is 14.7 Å². The molecule has 1 amide bonds. The van der Waals surface area contributed by atoms with Gasteiger partial charge in [-0.2, -0.15) is 0 Å². The Morgan fingerprint density at radius 1 is 1.00 bits per heavy atom. The van der Waals surface area contributed by atoms with Gasteiger partial charge in [-0.05, 0) is 73.3 Å². The van der Waals surface area contributed by atoms with E-state index < -0.39 is 0 Å². The van der Waals surface area contributed by atoms with Crippen LogP contribution >= 0.6 is 0 Å². The highest BCUT2D eigenvalue weighted by molar-refractivity contribution is 5.90. The van der Waals surface area contributed by atoms with E-state index >= 15 is 0 Å². The zero-order chi connectivity index (χ0) is 23.0. The lowest BCUT2D eigenvalue weighted by Crippen LogP contribution is -2.46. The number of unbranched alkanes of at least 4 members (excludes halogenated alkanes) is 1. The molecular formula is C27H31FN4O. The van der Waals surface area contributed by atoms with E-state index in [-0.39, 0.29) is 11.7 Å². The van der Waals surface area contributed by atoms with Crippen molar-refractivity contribution in [3.8, 4) is 11.1 Å². The summed E-state index contributed by atoms with van der Waals surface area (Å²) in [5, 5.41) is 2.99. The van der Waals surface area contributed by atoms with Crippen molar-refractivity contribution >= 4 is 17.3 Å². The zero-order valence-corrected chi connectivity index (χ0v) is 19.1. The first-order valence-electron chi connectivity index (χ1n) is 11.6. The summed E-state index contributed by atoms with van der Waals surface area (Å²) in [7, 11) is 0. The molecular weight excluding hydrogens is 415 g/mol. The van der Waals surface area contributed by atoms with Gasteiger partial charge in [-0.1, -0.05) is 24.3 Å². The molecule has 0 saturated carbocycles. The molecule has 2 aromatic carbocycles. The number of carbonyl (C=O) groups excluding carboxylic acids is 1. The lowest BCUT2D eigenvalue weighted by molar-refractivity contribution is -0.116. The molecule has 3 aromatic rings. The van der Waals surface area contributed by atoms with Crippen LogP contribution < -0.4 is 10.2 Å². The first-order valence-corrected chi connectivity index (χ1v) is 11.6. The third kappa shape index (κ3) is 6.39. The highest BCUT2D eigenvalue weighted by Gasteiger charge is 2.18. The van der Waals surface area contributed by atoms with Gasteiger partial charge in [0.2, 0.25) is 5.91 Å². The van der Waals surface area contributed by atoms with Crippen LogP contribution in [0.2, 0.25) is 0 Å². The Kier molecular flexibility index (Phi) is 7.68. The number of hydrogen-bond donors (Lipinski definition) is 1. The zero-order valence-electron chi connectivity index (χ0n) is 19.1. The van der Waals surface area contributed by atoms with Gasteiger partial charge in [0, 0.05) is 56.4 Å². The Balaban J connectivity index is 1.14. The minimum atomic E-state index is -0.180. The average molecular weight is 447 g/mol. The Labute approximate surface area is 195 Å². The number of piperazine rings is 1. The van der Waals surface area contributed by atoms with Gasteiger partial charge in [0.05, 0.1) is 0 Å². The monoisotopic (exact) mass is 446 g/mol. The van der Waals surface area contributed by atoms with Crippen LogP contribution in [0.25, 0.3) is 11.1 Å². The number of rotatable bonds is 8. The minimum absolute atomic E-state index is 0.0514. The van der Waals surface area contributed by atoms with E-state index in [4.69, 9.17) is 0 Å². The predicted octanol–water partition coefficient (Wildman–Crippen LogP) is 5.13. The molecule has 6 heteroatoms. The van der Waals surface area contributed by atoms with E-state index in [0.717, 1.165) is 73.6 Å². The molecule has 0 spiro atoms. The van der Waals surface area contributed by atoms with Crippen molar-refractivity contribution in [2.75, 3.05) is 42.9 Å². The van der Waals surface area contributed by atoms with Gasteiger partial charge >= 0.3 is 0 Å². The second kappa shape index (κ2) is 11.1. The van der Waals surface area contributed by atoms with Gasteiger partial charge in [-0.25, -0.2) is 4.39 Å². The number of amides is 1.